The molecule has 4 unspecified atom stereocenters. The summed E-state index contributed by atoms with van der Waals surface area (Å²) in [7, 11) is 6.50. The fourth-order valence-electron chi connectivity index (χ4n) is 3.09. The van der Waals surface area contributed by atoms with Crippen LogP contribution in [0, 0.1) is 11.8 Å². The van der Waals surface area contributed by atoms with Crippen LogP contribution in [0.5, 0.6) is 0 Å². The van der Waals surface area contributed by atoms with E-state index in [1.165, 1.54) is 11.1 Å². The zero-order chi connectivity index (χ0) is 26.2. The summed E-state index contributed by atoms with van der Waals surface area (Å²) < 4.78 is 8.50. The summed E-state index contributed by atoms with van der Waals surface area (Å²) in [5, 5.41) is 0. The molecular formula is C30H52O3. The van der Waals surface area contributed by atoms with Gasteiger partial charge < -0.3 is 9.47 Å². The Bertz CT molecular complexity index is 638. The lowest BCUT2D eigenvalue weighted by atomic mass is 9.79. The quantitative estimate of drug-likeness (QED) is 0.416. The summed E-state index contributed by atoms with van der Waals surface area (Å²) >= 11 is 0. The van der Waals surface area contributed by atoms with Crippen molar-refractivity contribution in [1.82, 2.24) is 0 Å². The minimum atomic E-state index is 0.0582. The monoisotopic (exact) mass is 460 g/mol. The van der Waals surface area contributed by atoms with Gasteiger partial charge in [-0.05, 0) is 28.9 Å². The van der Waals surface area contributed by atoms with Crippen LogP contribution in [0.15, 0.2) is 60.7 Å². The molecule has 3 heteroatoms. The normalized spacial score (nSPS) is 12.8. The van der Waals surface area contributed by atoms with Gasteiger partial charge in [0.2, 0.25) is 0 Å². The molecule has 0 fully saturated rings. The summed E-state index contributed by atoms with van der Waals surface area (Å²) in [4.78, 5) is 12.7. The molecule has 0 radical (unpaired) electrons. The number of carbonyl (C=O) groups excluding carboxylic acids is 1. The molecule has 0 saturated heterocycles. The molecule has 0 spiro atoms. The maximum atomic E-state index is 12.7. The first-order valence-corrected chi connectivity index (χ1v) is 12.3. The van der Waals surface area contributed by atoms with Crippen LogP contribution >= 0.6 is 0 Å². The minimum absolute atomic E-state index is 0.0582. The zero-order valence-electron chi connectivity index (χ0n) is 23.5. The molecule has 0 aliphatic heterocycles. The van der Waals surface area contributed by atoms with Crippen molar-refractivity contribution >= 4 is 5.78 Å². The van der Waals surface area contributed by atoms with E-state index in [4.69, 9.17) is 0 Å². The number of benzene rings is 2. The second-order valence-electron chi connectivity index (χ2n) is 7.65. The second-order valence-corrected chi connectivity index (χ2v) is 7.65. The molecule has 2 aromatic carbocycles. The van der Waals surface area contributed by atoms with Gasteiger partial charge in [0.05, 0.1) is 0 Å². The number of hydrogen-bond acceptors (Lipinski definition) is 3. The van der Waals surface area contributed by atoms with Gasteiger partial charge in [0, 0.05) is 40.8 Å². The molecule has 2 aromatic rings. The lowest BCUT2D eigenvalue weighted by molar-refractivity contribution is -0.123. The molecule has 0 heterocycles. The Morgan fingerprint density at radius 2 is 0.939 bits per heavy atom. The largest absolute Gasteiger partial charge is 0.388 e. The van der Waals surface area contributed by atoms with Crippen molar-refractivity contribution in [3.8, 4) is 0 Å². The van der Waals surface area contributed by atoms with Gasteiger partial charge in [0.25, 0.3) is 0 Å². The van der Waals surface area contributed by atoms with E-state index in [0.29, 0.717) is 24.0 Å². The van der Waals surface area contributed by atoms with Crippen LogP contribution in [-0.2, 0) is 14.3 Å². The van der Waals surface area contributed by atoms with E-state index in [9.17, 15) is 4.79 Å². The third-order valence-electron chi connectivity index (χ3n) is 5.29. The van der Waals surface area contributed by atoms with E-state index in [1.807, 2.05) is 52.0 Å². The molecule has 3 nitrogen and oxygen atoms in total. The SMILES string of the molecule is CC.CC.CC(CC(=O)C(C)C(C)c1ccccc1)C(C)c1ccccc1.COC.COC. The molecule has 0 aliphatic carbocycles. The number of carbonyl (C=O) groups is 1. The molecular weight excluding hydrogens is 408 g/mol. The summed E-state index contributed by atoms with van der Waals surface area (Å²) in [6, 6.07) is 20.8. The van der Waals surface area contributed by atoms with Crippen molar-refractivity contribution in [3.63, 3.8) is 0 Å². The van der Waals surface area contributed by atoms with E-state index in [2.05, 4.69) is 73.6 Å². The predicted molar refractivity (Wildman–Crippen MR) is 146 cm³/mol. The number of Topliss-reactive ketones (excluding diaryl/α,β-unsaturated/α-hetero) is 1. The van der Waals surface area contributed by atoms with Crippen LogP contribution in [0.4, 0.5) is 0 Å². The molecule has 0 saturated carbocycles. The summed E-state index contributed by atoms with van der Waals surface area (Å²) in [5.41, 5.74) is 2.56. The number of hydrogen-bond donors (Lipinski definition) is 0. The Labute approximate surface area is 205 Å². The number of ketones is 1. The van der Waals surface area contributed by atoms with Gasteiger partial charge in [-0.3, -0.25) is 4.79 Å². The summed E-state index contributed by atoms with van der Waals surface area (Å²) in [6.45, 7) is 16.6. The highest BCUT2D eigenvalue weighted by Crippen LogP contribution is 2.31. The molecule has 0 aliphatic rings. The van der Waals surface area contributed by atoms with E-state index in [0.717, 1.165) is 0 Å². The van der Waals surface area contributed by atoms with Gasteiger partial charge in [0.1, 0.15) is 5.78 Å². The summed E-state index contributed by atoms with van der Waals surface area (Å²) in [5.74, 6) is 1.46. The van der Waals surface area contributed by atoms with Gasteiger partial charge in [-0.15, -0.1) is 0 Å². The highest BCUT2D eigenvalue weighted by Gasteiger charge is 2.25. The Morgan fingerprint density at radius 1 is 0.636 bits per heavy atom. The van der Waals surface area contributed by atoms with Crippen LogP contribution in [0.1, 0.15) is 84.8 Å². The number of rotatable bonds is 7. The topological polar surface area (TPSA) is 35.5 Å². The first kappa shape index (κ1) is 35.6. The maximum Gasteiger partial charge on any atom is 0.136 e. The highest BCUT2D eigenvalue weighted by atomic mass is 16.5. The minimum Gasteiger partial charge on any atom is -0.388 e. The molecule has 0 aromatic heterocycles. The Kier molecular flexibility index (Phi) is 26.6. The molecule has 2 rings (SSSR count). The number of methoxy groups -OCH3 is 2. The molecule has 4 atom stereocenters. The molecule has 190 valence electrons. The van der Waals surface area contributed by atoms with Crippen LogP contribution < -0.4 is 0 Å². The van der Waals surface area contributed by atoms with E-state index < -0.39 is 0 Å². The van der Waals surface area contributed by atoms with Crippen molar-refractivity contribution in [2.24, 2.45) is 11.8 Å². The Morgan fingerprint density at radius 3 is 1.27 bits per heavy atom. The zero-order valence-corrected chi connectivity index (χ0v) is 23.5. The smallest absolute Gasteiger partial charge is 0.136 e. The Hall–Kier alpha value is -1.97. The lowest BCUT2D eigenvalue weighted by Gasteiger charge is -2.24. The van der Waals surface area contributed by atoms with E-state index in [-0.39, 0.29) is 11.8 Å². The average molecular weight is 461 g/mol. The van der Waals surface area contributed by atoms with E-state index in [1.54, 1.807) is 28.4 Å². The first-order chi connectivity index (χ1) is 15.8. The van der Waals surface area contributed by atoms with Crippen molar-refractivity contribution in [2.75, 3.05) is 28.4 Å². The molecule has 0 amide bonds. The van der Waals surface area contributed by atoms with Crippen LogP contribution in [0.3, 0.4) is 0 Å². The van der Waals surface area contributed by atoms with Crippen molar-refractivity contribution in [3.05, 3.63) is 71.8 Å². The van der Waals surface area contributed by atoms with E-state index >= 15 is 0 Å². The average Bonchev–Trinajstić information content (AvgIpc) is 2.87. The molecule has 0 N–H and O–H groups in total. The van der Waals surface area contributed by atoms with Gasteiger partial charge >= 0.3 is 0 Å². The lowest BCUT2D eigenvalue weighted by Crippen LogP contribution is -2.21. The van der Waals surface area contributed by atoms with Gasteiger partial charge in [-0.25, -0.2) is 0 Å². The fraction of sp³-hybridized carbons (Fsp3) is 0.567. The first-order valence-electron chi connectivity index (χ1n) is 12.3. The van der Waals surface area contributed by atoms with Gasteiger partial charge in [0.15, 0.2) is 0 Å². The number of ether oxygens (including phenoxy) is 2. The molecule has 0 bridgehead atoms. The standard InChI is InChI=1S/C22H28O.2C2H6O.2C2H6/c1-16(17(2)20-11-7-5-8-12-20)15-22(23)19(4)18(3)21-13-9-6-10-14-21;2*1-3-2;2*1-2/h5-14,16-19H,15H2,1-4H3;2*1-2H3;2*1-2H3. The van der Waals surface area contributed by atoms with Gasteiger partial charge in [-0.2, -0.15) is 0 Å². The van der Waals surface area contributed by atoms with Crippen LogP contribution in [0.25, 0.3) is 0 Å². The Balaban J connectivity index is -0.000000779. The maximum absolute atomic E-state index is 12.7. The van der Waals surface area contributed by atoms with Crippen LogP contribution in [-0.4, -0.2) is 34.2 Å². The van der Waals surface area contributed by atoms with Crippen LogP contribution in [0.2, 0.25) is 0 Å². The molecule has 33 heavy (non-hydrogen) atoms. The highest BCUT2D eigenvalue weighted by molar-refractivity contribution is 5.81. The summed E-state index contributed by atoms with van der Waals surface area (Å²) in [6.07, 6.45) is 0.647. The van der Waals surface area contributed by atoms with Crippen molar-refractivity contribution < 1.29 is 14.3 Å². The third kappa shape index (κ3) is 16.3. The third-order valence-corrected chi connectivity index (χ3v) is 5.29. The van der Waals surface area contributed by atoms with Crippen molar-refractivity contribution in [1.29, 1.82) is 0 Å². The second kappa shape index (κ2) is 24.7. The van der Waals surface area contributed by atoms with Gasteiger partial charge in [-0.1, -0.05) is 116 Å². The fourth-order valence-corrected chi connectivity index (χ4v) is 3.09. The van der Waals surface area contributed by atoms with Crippen molar-refractivity contribution in [2.45, 2.75) is 73.6 Å². The predicted octanol–water partition coefficient (Wildman–Crippen LogP) is 8.40.